The van der Waals surface area contributed by atoms with E-state index in [0.29, 0.717) is 0 Å². The highest BCUT2D eigenvalue weighted by Gasteiger charge is 2.59. The monoisotopic (exact) mass is 982 g/mol. The third-order valence-electron chi connectivity index (χ3n) is 20.0. The summed E-state index contributed by atoms with van der Waals surface area (Å²) in [7, 11) is 0. The SMILES string of the molecule is CC12CCCCC1(C)N(c1ccncc1)c1ccc(-c3ccc4c(-c5cccc6ccccc56)c5cc(-c6ccc7c(c6)C6(C)CCCCC6(C)N7c6ccncc6)ccc5c(-c5cccc6ccccc56)c4c3)cc12. The third kappa shape index (κ3) is 6.30. The van der Waals surface area contributed by atoms with Crippen molar-refractivity contribution in [3.05, 3.63) is 218 Å². The zero-order chi connectivity index (χ0) is 51.0. The van der Waals surface area contributed by atoms with E-state index in [1.165, 1.54) is 160 Å². The van der Waals surface area contributed by atoms with Gasteiger partial charge in [0.25, 0.3) is 0 Å². The van der Waals surface area contributed by atoms with Crippen LogP contribution in [0.25, 0.3) is 87.6 Å². The van der Waals surface area contributed by atoms with Crippen LogP contribution in [0.5, 0.6) is 0 Å². The number of benzene rings is 9. The molecule has 4 nitrogen and oxygen atoms in total. The molecule has 11 aromatic rings. The topological polar surface area (TPSA) is 32.3 Å². The van der Waals surface area contributed by atoms with E-state index in [1.54, 1.807) is 0 Å². The summed E-state index contributed by atoms with van der Waals surface area (Å²) in [5.41, 5.74) is 18.0. The zero-order valence-corrected chi connectivity index (χ0v) is 44.1. The lowest BCUT2D eigenvalue weighted by Crippen LogP contribution is -2.54. The van der Waals surface area contributed by atoms with E-state index in [2.05, 4.69) is 229 Å². The number of pyridine rings is 2. The van der Waals surface area contributed by atoms with Crippen molar-refractivity contribution in [3.63, 3.8) is 0 Å². The molecule has 4 unspecified atom stereocenters. The van der Waals surface area contributed by atoms with Gasteiger partial charge < -0.3 is 9.80 Å². The van der Waals surface area contributed by atoms with Gasteiger partial charge in [0.05, 0.1) is 11.1 Å². The largest absolute Gasteiger partial charge is 0.334 e. The summed E-state index contributed by atoms with van der Waals surface area (Å²) in [5.74, 6) is 0. The van der Waals surface area contributed by atoms with Crippen molar-refractivity contribution in [2.45, 2.75) is 101 Å². The summed E-state index contributed by atoms with van der Waals surface area (Å²) in [4.78, 5) is 14.2. The lowest BCUT2D eigenvalue weighted by Gasteiger charge is -2.50. The molecule has 2 fully saturated rings. The van der Waals surface area contributed by atoms with Gasteiger partial charge in [0, 0.05) is 58.4 Å². The fraction of sp³-hybridized carbons (Fsp3) is 0.222. The van der Waals surface area contributed by atoms with Crippen molar-refractivity contribution in [2.24, 2.45) is 0 Å². The number of fused-ring (bicyclic) bond motifs is 10. The van der Waals surface area contributed by atoms with Crippen LogP contribution < -0.4 is 9.80 Å². The smallest absolute Gasteiger partial charge is 0.0517 e. The Morgan fingerprint density at radius 2 is 0.724 bits per heavy atom. The summed E-state index contributed by atoms with van der Waals surface area (Å²) in [6.07, 6.45) is 17.4. The molecule has 15 rings (SSSR count). The Morgan fingerprint density at radius 3 is 1.17 bits per heavy atom. The molecule has 0 radical (unpaired) electrons. The maximum atomic E-state index is 4.43. The maximum absolute atomic E-state index is 4.43. The van der Waals surface area contributed by atoms with Gasteiger partial charge in [-0.2, -0.15) is 0 Å². The highest BCUT2D eigenvalue weighted by molar-refractivity contribution is 6.26. The van der Waals surface area contributed by atoms with Crippen molar-refractivity contribution in [3.8, 4) is 44.5 Å². The van der Waals surface area contributed by atoms with Crippen LogP contribution in [0.1, 0.15) is 90.2 Å². The predicted octanol–water partition coefficient (Wildman–Crippen LogP) is 19.2. The number of nitrogens with zero attached hydrogens (tertiary/aromatic N) is 4. The van der Waals surface area contributed by atoms with Crippen molar-refractivity contribution in [2.75, 3.05) is 9.80 Å². The van der Waals surface area contributed by atoms with Crippen LogP contribution in [-0.2, 0) is 10.8 Å². The van der Waals surface area contributed by atoms with Gasteiger partial charge in [0.2, 0.25) is 0 Å². The van der Waals surface area contributed by atoms with Crippen LogP contribution in [0.2, 0.25) is 0 Å². The third-order valence-corrected chi connectivity index (χ3v) is 20.0. The Balaban J connectivity index is 0.988. The molecule has 0 saturated heterocycles. The molecule has 2 aromatic heterocycles. The average molecular weight is 983 g/mol. The Labute approximate surface area is 446 Å². The standard InChI is InChI=1S/C72H62N4/c1-69-35-9-11-37-71(69,3)75(53-31-39-73-40-32-53)65-29-25-51(45-63(65)69)49-23-27-59-61(43-49)67(57-21-13-17-47-15-5-7-19-55(47)57)60-28-24-50(44-62(60)68(59)58-22-14-18-48-16-6-8-20-56(48)58)52-26-30-66-64(46-52)70(2)36-10-12-38-72(70,4)76(66)54-33-41-74-42-34-54/h5-8,13-34,39-46H,9-12,35-38H2,1-4H3. The van der Waals surface area contributed by atoms with Gasteiger partial charge in [-0.05, 0) is 199 Å². The number of rotatable bonds is 6. The molecule has 370 valence electrons. The van der Waals surface area contributed by atoms with Crippen molar-refractivity contribution in [1.82, 2.24) is 9.97 Å². The number of anilines is 4. The summed E-state index contributed by atoms with van der Waals surface area (Å²) in [6, 6.07) is 69.9. The fourth-order valence-electron chi connectivity index (χ4n) is 15.7. The minimum absolute atomic E-state index is 0.00806. The summed E-state index contributed by atoms with van der Waals surface area (Å²) < 4.78 is 0. The van der Waals surface area contributed by atoms with Gasteiger partial charge in [-0.3, -0.25) is 9.97 Å². The Morgan fingerprint density at radius 1 is 0.342 bits per heavy atom. The first kappa shape index (κ1) is 45.3. The average Bonchev–Trinajstić information content (AvgIpc) is 4.06. The van der Waals surface area contributed by atoms with Crippen molar-refractivity contribution >= 4 is 65.8 Å². The molecule has 0 bridgehead atoms. The second-order valence-electron chi connectivity index (χ2n) is 23.5. The Bertz CT molecular complexity index is 3880. The number of aromatic nitrogens is 2. The lowest BCUT2D eigenvalue weighted by molar-refractivity contribution is 0.195. The molecule has 2 aliphatic heterocycles. The predicted molar refractivity (Wildman–Crippen MR) is 319 cm³/mol. The molecular formula is C72H62N4. The molecule has 2 aliphatic carbocycles. The molecule has 2 saturated carbocycles. The maximum Gasteiger partial charge on any atom is 0.0517 e. The summed E-state index contributed by atoms with van der Waals surface area (Å²) in [6.45, 7) is 10.1. The molecule has 0 N–H and O–H groups in total. The van der Waals surface area contributed by atoms with Crippen LogP contribution >= 0.6 is 0 Å². The molecule has 0 spiro atoms. The first-order chi connectivity index (χ1) is 37.2. The van der Waals surface area contributed by atoms with Crippen LogP contribution in [-0.4, -0.2) is 21.0 Å². The van der Waals surface area contributed by atoms with E-state index in [-0.39, 0.29) is 21.9 Å². The van der Waals surface area contributed by atoms with E-state index >= 15 is 0 Å². The Kier molecular flexibility index (Phi) is 9.97. The normalized spacial score (nSPS) is 22.7. The van der Waals surface area contributed by atoms with Gasteiger partial charge in [0.1, 0.15) is 0 Å². The van der Waals surface area contributed by atoms with E-state index in [0.717, 1.165) is 12.8 Å². The van der Waals surface area contributed by atoms with Gasteiger partial charge in [0.15, 0.2) is 0 Å². The first-order valence-electron chi connectivity index (χ1n) is 27.9. The molecule has 4 heterocycles. The minimum Gasteiger partial charge on any atom is -0.334 e. The molecular weight excluding hydrogens is 921 g/mol. The second-order valence-corrected chi connectivity index (χ2v) is 23.5. The van der Waals surface area contributed by atoms with Crippen LogP contribution in [0.4, 0.5) is 22.7 Å². The summed E-state index contributed by atoms with van der Waals surface area (Å²) >= 11 is 0. The van der Waals surface area contributed by atoms with Gasteiger partial charge in [-0.1, -0.05) is 161 Å². The lowest BCUT2D eigenvalue weighted by atomic mass is 9.61. The van der Waals surface area contributed by atoms with E-state index in [1.807, 2.05) is 24.8 Å². The van der Waals surface area contributed by atoms with E-state index in [9.17, 15) is 0 Å². The van der Waals surface area contributed by atoms with Gasteiger partial charge in [-0.15, -0.1) is 0 Å². The van der Waals surface area contributed by atoms with Crippen LogP contribution in [0, 0.1) is 0 Å². The molecule has 76 heavy (non-hydrogen) atoms. The molecule has 0 amide bonds. The van der Waals surface area contributed by atoms with Crippen molar-refractivity contribution in [1.29, 1.82) is 0 Å². The number of hydrogen-bond donors (Lipinski definition) is 0. The minimum atomic E-state index is -0.0434. The first-order valence-corrected chi connectivity index (χ1v) is 27.9. The van der Waals surface area contributed by atoms with E-state index in [4.69, 9.17) is 0 Å². The summed E-state index contributed by atoms with van der Waals surface area (Å²) in [5, 5.41) is 10.1. The second kappa shape index (κ2) is 16.7. The highest BCUT2D eigenvalue weighted by atomic mass is 15.3. The van der Waals surface area contributed by atoms with Crippen molar-refractivity contribution < 1.29 is 0 Å². The number of hydrogen-bond acceptors (Lipinski definition) is 4. The molecule has 4 atom stereocenters. The molecule has 9 aromatic carbocycles. The molecule has 4 heteroatoms. The fourth-order valence-corrected chi connectivity index (χ4v) is 15.7. The van der Waals surface area contributed by atoms with Crippen LogP contribution in [0.15, 0.2) is 207 Å². The Hall–Kier alpha value is -8.08. The zero-order valence-electron chi connectivity index (χ0n) is 44.1. The highest BCUT2D eigenvalue weighted by Crippen LogP contribution is 2.63. The van der Waals surface area contributed by atoms with Gasteiger partial charge >= 0.3 is 0 Å². The van der Waals surface area contributed by atoms with Crippen LogP contribution in [0.3, 0.4) is 0 Å². The molecule has 4 aliphatic rings. The van der Waals surface area contributed by atoms with E-state index < -0.39 is 0 Å². The quantitative estimate of drug-likeness (QED) is 0.155. The van der Waals surface area contributed by atoms with Gasteiger partial charge in [-0.25, -0.2) is 0 Å².